The summed E-state index contributed by atoms with van der Waals surface area (Å²) >= 11 is 7.22. The van der Waals surface area contributed by atoms with Crippen molar-refractivity contribution >= 4 is 34.7 Å². The Morgan fingerprint density at radius 3 is 2.71 bits per heavy atom. The molecule has 0 N–H and O–H groups in total. The third-order valence-corrected chi connectivity index (χ3v) is 4.30. The first-order valence-corrected chi connectivity index (χ1v) is 8.02. The lowest BCUT2D eigenvalue weighted by Gasteiger charge is -2.32. The normalized spacial score (nSPS) is 16.0. The highest BCUT2D eigenvalue weighted by atomic mass is 35.5. The van der Waals surface area contributed by atoms with E-state index < -0.39 is 0 Å². The average Bonchev–Trinajstić information content (AvgIpc) is 3.03. The first kappa shape index (κ1) is 14.3. The van der Waals surface area contributed by atoms with Gasteiger partial charge < -0.3 is 9.64 Å². The van der Waals surface area contributed by atoms with E-state index >= 15 is 0 Å². The Balaban J connectivity index is 1.53. The minimum Gasteiger partial charge on any atom is -0.459 e. The standard InChI is InChI=1S/C14H14ClN3O2S/c15-12-1-2-13(17-16-12)18-6-3-11(4-7-18)20-14(19)10-5-8-21-9-10/h1-2,5,8-9,11H,3-4,6-7H2. The van der Waals surface area contributed by atoms with Gasteiger partial charge >= 0.3 is 5.97 Å². The lowest BCUT2D eigenvalue weighted by atomic mass is 10.1. The predicted molar refractivity (Wildman–Crippen MR) is 82.0 cm³/mol. The largest absolute Gasteiger partial charge is 0.459 e. The van der Waals surface area contributed by atoms with Crippen molar-refractivity contribution < 1.29 is 9.53 Å². The lowest BCUT2D eigenvalue weighted by molar-refractivity contribution is 0.0245. The van der Waals surface area contributed by atoms with Crippen LogP contribution < -0.4 is 4.90 Å². The van der Waals surface area contributed by atoms with Crippen molar-refractivity contribution in [1.82, 2.24) is 10.2 Å². The van der Waals surface area contributed by atoms with Gasteiger partial charge in [-0.3, -0.25) is 0 Å². The molecule has 0 radical (unpaired) electrons. The van der Waals surface area contributed by atoms with E-state index in [1.54, 1.807) is 17.5 Å². The molecular weight excluding hydrogens is 310 g/mol. The molecule has 0 unspecified atom stereocenters. The van der Waals surface area contributed by atoms with Gasteiger partial charge in [-0.15, -0.1) is 10.2 Å². The van der Waals surface area contributed by atoms with Crippen molar-refractivity contribution in [1.29, 1.82) is 0 Å². The molecule has 1 aliphatic heterocycles. The Morgan fingerprint density at radius 2 is 2.10 bits per heavy atom. The van der Waals surface area contributed by atoms with E-state index in [-0.39, 0.29) is 12.1 Å². The van der Waals surface area contributed by atoms with Crippen LogP contribution in [0.1, 0.15) is 23.2 Å². The van der Waals surface area contributed by atoms with Crippen LogP contribution in [0.5, 0.6) is 0 Å². The molecule has 5 nitrogen and oxygen atoms in total. The van der Waals surface area contributed by atoms with Gasteiger partial charge in [-0.25, -0.2) is 4.79 Å². The van der Waals surface area contributed by atoms with Crippen molar-refractivity contribution in [3.05, 3.63) is 39.7 Å². The first-order valence-electron chi connectivity index (χ1n) is 6.70. The topological polar surface area (TPSA) is 55.3 Å². The monoisotopic (exact) mass is 323 g/mol. The van der Waals surface area contributed by atoms with Gasteiger partial charge in [-0.1, -0.05) is 11.6 Å². The van der Waals surface area contributed by atoms with Gasteiger partial charge in [0.15, 0.2) is 11.0 Å². The van der Waals surface area contributed by atoms with Crippen molar-refractivity contribution in [3.8, 4) is 0 Å². The van der Waals surface area contributed by atoms with Gasteiger partial charge in [0.1, 0.15) is 6.10 Å². The van der Waals surface area contributed by atoms with Crippen molar-refractivity contribution in [2.45, 2.75) is 18.9 Å². The molecule has 1 saturated heterocycles. The molecule has 0 atom stereocenters. The molecule has 0 aromatic carbocycles. The number of hydrogen-bond acceptors (Lipinski definition) is 6. The molecule has 3 rings (SSSR count). The van der Waals surface area contributed by atoms with Gasteiger partial charge in [-0.2, -0.15) is 11.3 Å². The molecule has 2 aromatic heterocycles. The van der Waals surface area contributed by atoms with Crippen LogP contribution in [0.15, 0.2) is 29.0 Å². The third-order valence-electron chi connectivity index (χ3n) is 3.41. The van der Waals surface area contributed by atoms with Crippen molar-refractivity contribution in [2.24, 2.45) is 0 Å². The van der Waals surface area contributed by atoms with Crippen LogP contribution in [0, 0.1) is 0 Å². The van der Waals surface area contributed by atoms with Crippen LogP contribution in [0.4, 0.5) is 5.82 Å². The average molecular weight is 324 g/mol. The van der Waals surface area contributed by atoms with Gasteiger partial charge in [-0.05, 0) is 23.6 Å². The number of nitrogens with zero attached hydrogens (tertiary/aromatic N) is 3. The van der Waals surface area contributed by atoms with E-state index in [0.717, 1.165) is 31.7 Å². The number of thiophene rings is 1. The van der Waals surface area contributed by atoms with Gasteiger partial charge in [0, 0.05) is 31.3 Å². The van der Waals surface area contributed by atoms with Crippen LogP contribution >= 0.6 is 22.9 Å². The summed E-state index contributed by atoms with van der Waals surface area (Å²) in [6, 6.07) is 5.37. The summed E-state index contributed by atoms with van der Waals surface area (Å²) in [4.78, 5) is 14.0. The van der Waals surface area contributed by atoms with E-state index in [1.807, 2.05) is 11.4 Å². The Kier molecular flexibility index (Phi) is 4.36. The van der Waals surface area contributed by atoms with E-state index in [4.69, 9.17) is 16.3 Å². The summed E-state index contributed by atoms with van der Waals surface area (Å²) in [7, 11) is 0. The zero-order chi connectivity index (χ0) is 14.7. The highest BCUT2D eigenvalue weighted by molar-refractivity contribution is 7.08. The number of ether oxygens (including phenoxy) is 1. The molecule has 1 fully saturated rings. The number of piperidine rings is 1. The van der Waals surface area contributed by atoms with Crippen molar-refractivity contribution in [2.75, 3.05) is 18.0 Å². The van der Waals surface area contributed by atoms with Crippen LogP contribution in [-0.4, -0.2) is 35.4 Å². The van der Waals surface area contributed by atoms with Crippen LogP contribution in [-0.2, 0) is 4.74 Å². The maximum atomic E-state index is 11.9. The van der Waals surface area contributed by atoms with Crippen LogP contribution in [0.25, 0.3) is 0 Å². The molecule has 7 heteroatoms. The van der Waals surface area contributed by atoms with E-state index in [2.05, 4.69) is 15.1 Å². The smallest absolute Gasteiger partial charge is 0.339 e. The van der Waals surface area contributed by atoms with Gasteiger partial charge in [0.25, 0.3) is 0 Å². The second kappa shape index (κ2) is 6.41. The molecular formula is C14H14ClN3O2S. The fourth-order valence-electron chi connectivity index (χ4n) is 2.28. The minimum atomic E-state index is -0.235. The highest BCUT2D eigenvalue weighted by Crippen LogP contribution is 2.21. The number of rotatable bonds is 3. The van der Waals surface area contributed by atoms with Crippen LogP contribution in [0.2, 0.25) is 5.15 Å². The summed E-state index contributed by atoms with van der Waals surface area (Å²) in [5, 5.41) is 12.0. The lowest BCUT2D eigenvalue weighted by Crippen LogP contribution is -2.38. The molecule has 0 aliphatic carbocycles. The number of aromatic nitrogens is 2. The Hall–Kier alpha value is -1.66. The van der Waals surface area contributed by atoms with E-state index in [0.29, 0.717) is 10.7 Å². The van der Waals surface area contributed by atoms with Crippen LogP contribution in [0.3, 0.4) is 0 Å². The first-order chi connectivity index (χ1) is 10.2. The fourth-order valence-corrected chi connectivity index (χ4v) is 3.01. The predicted octanol–water partition coefficient (Wildman–Crippen LogP) is 3.02. The molecule has 1 aliphatic rings. The molecule has 0 bridgehead atoms. The SMILES string of the molecule is O=C(OC1CCN(c2ccc(Cl)nn2)CC1)c1ccsc1. The van der Waals surface area contributed by atoms with Gasteiger partial charge in [0.05, 0.1) is 5.56 Å². The Labute approximate surface area is 131 Å². The third kappa shape index (κ3) is 3.51. The van der Waals surface area contributed by atoms with Gasteiger partial charge in [0.2, 0.25) is 0 Å². The maximum absolute atomic E-state index is 11.9. The zero-order valence-electron chi connectivity index (χ0n) is 11.2. The molecule has 0 amide bonds. The summed E-state index contributed by atoms with van der Waals surface area (Å²) in [5.41, 5.74) is 0.631. The van der Waals surface area contributed by atoms with E-state index in [1.165, 1.54) is 11.3 Å². The van der Waals surface area contributed by atoms with E-state index in [9.17, 15) is 4.79 Å². The fraction of sp³-hybridized carbons (Fsp3) is 0.357. The molecule has 0 spiro atoms. The number of carbonyl (C=O) groups excluding carboxylic acids is 1. The number of hydrogen-bond donors (Lipinski definition) is 0. The molecule has 0 saturated carbocycles. The zero-order valence-corrected chi connectivity index (χ0v) is 12.8. The summed E-state index contributed by atoms with van der Waals surface area (Å²) in [6.45, 7) is 1.58. The summed E-state index contributed by atoms with van der Waals surface area (Å²) in [6.07, 6.45) is 1.55. The summed E-state index contributed by atoms with van der Waals surface area (Å²) < 4.78 is 5.52. The van der Waals surface area contributed by atoms with Crippen molar-refractivity contribution in [3.63, 3.8) is 0 Å². The summed E-state index contributed by atoms with van der Waals surface area (Å²) in [5.74, 6) is 0.572. The molecule has 110 valence electrons. The molecule has 2 aromatic rings. The minimum absolute atomic E-state index is 0.0334. The quantitative estimate of drug-likeness (QED) is 0.813. The molecule has 21 heavy (non-hydrogen) atoms. The second-order valence-corrected chi connectivity index (χ2v) is 5.99. The number of anilines is 1. The second-order valence-electron chi connectivity index (χ2n) is 4.82. The number of carbonyl (C=O) groups is 1. The highest BCUT2D eigenvalue weighted by Gasteiger charge is 2.23. The maximum Gasteiger partial charge on any atom is 0.339 e. The molecule has 3 heterocycles. The number of esters is 1. The number of halogens is 1. The Bertz CT molecular complexity index is 595. The Morgan fingerprint density at radius 1 is 1.29 bits per heavy atom.